The third kappa shape index (κ3) is 3.18. The molecule has 2 atom stereocenters. The summed E-state index contributed by atoms with van der Waals surface area (Å²) in [5.74, 6) is 0.923. The molecule has 1 aliphatic rings. The lowest BCUT2D eigenvalue weighted by molar-refractivity contribution is 0.257. The Kier molecular flexibility index (Phi) is 4.55. The topological polar surface area (TPSA) is 44.3 Å². The number of aliphatic imine (C=N–C) groups is 1. The lowest BCUT2D eigenvalue weighted by Gasteiger charge is -2.22. The van der Waals surface area contributed by atoms with E-state index in [1.165, 1.54) is 24.4 Å². The molecule has 0 spiro atoms. The van der Waals surface area contributed by atoms with Gasteiger partial charge in [0.15, 0.2) is 0 Å². The van der Waals surface area contributed by atoms with E-state index in [0.717, 1.165) is 16.4 Å². The van der Waals surface area contributed by atoms with E-state index in [1.807, 2.05) is 17.5 Å². The Bertz CT molecular complexity index is 1150. The second kappa shape index (κ2) is 7.08. The molecule has 2 unspecified atom stereocenters. The van der Waals surface area contributed by atoms with Crippen molar-refractivity contribution in [2.45, 2.75) is 26.1 Å². The Morgan fingerprint density at radius 1 is 0.893 bits per heavy atom. The fourth-order valence-corrected chi connectivity index (χ4v) is 6.34. The molecule has 0 saturated carbocycles. The van der Waals surface area contributed by atoms with E-state index < -0.39 is 0 Å². The van der Waals surface area contributed by atoms with E-state index in [9.17, 15) is 0 Å². The summed E-state index contributed by atoms with van der Waals surface area (Å²) in [4.78, 5) is 22.8. The monoisotopic (exact) mass is 424 g/mol. The number of aryl methyl sites for hydroxylation is 2. The molecule has 0 radical (unpaired) electrons. The summed E-state index contributed by atoms with van der Waals surface area (Å²) in [7, 11) is 2.15. The second-order valence-electron chi connectivity index (χ2n) is 6.99. The Morgan fingerprint density at radius 2 is 1.64 bits per heavy atom. The van der Waals surface area contributed by atoms with Crippen LogP contribution in [0.1, 0.15) is 31.7 Å². The van der Waals surface area contributed by atoms with Gasteiger partial charge >= 0.3 is 0 Å². The van der Waals surface area contributed by atoms with E-state index in [2.05, 4.69) is 78.4 Å². The molecule has 0 bridgehead atoms. The van der Waals surface area contributed by atoms with Crippen LogP contribution in [0.4, 0.5) is 0 Å². The number of thiophene rings is 3. The number of nitrogens with one attached hydrogen (secondary N) is 1. The summed E-state index contributed by atoms with van der Waals surface area (Å²) in [5.41, 5.74) is 1.08. The smallest absolute Gasteiger partial charge is 0.147 e. The normalized spacial score (nSPS) is 19.7. The molecule has 28 heavy (non-hydrogen) atoms. The van der Waals surface area contributed by atoms with Crippen LogP contribution >= 0.6 is 34.0 Å². The number of nitrogens with zero attached hydrogens (tertiary/aromatic N) is 3. The first-order chi connectivity index (χ1) is 13.6. The van der Waals surface area contributed by atoms with Gasteiger partial charge in [-0.1, -0.05) is 0 Å². The Hall–Kier alpha value is -2.06. The van der Waals surface area contributed by atoms with Crippen LogP contribution in [0.15, 0.2) is 47.6 Å². The molecule has 5 heterocycles. The van der Waals surface area contributed by atoms with E-state index in [1.54, 1.807) is 22.7 Å². The van der Waals surface area contributed by atoms with Crippen LogP contribution in [0.5, 0.6) is 0 Å². The minimum atomic E-state index is 0.0699. The molecule has 0 fully saturated rings. The van der Waals surface area contributed by atoms with Crippen LogP contribution in [0, 0.1) is 13.8 Å². The van der Waals surface area contributed by atoms with Crippen LogP contribution < -0.4 is 0 Å². The Labute approximate surface area is 176 Å². The van der Waals surface area contributed by atoms with Gasteiger partial charge < -0.3 is 4.98 Å². The fraction of sp³-hybridized carbons (Fsp3) is 0.238. The number of rotatable bonds is 4. The Balaban J connectivity index is 1.37. The van der Waals surface area contributed by atoms with Gasteiger partial charge in [0.2, 0.25) is 0 Å². The summed E-state index contributed by atoms with van der Waals surface area (Å²) in [6.45, 7) is 4.28. The highest BCUT2D eigenvalue weighted by molar-refractivity contribution is 7.16. The first kappa shape index (κ1) is 18.0. The maximum absolute atomic E-state index is 4.81. The molecule has 0 aliphatic carbocycles. The van der Waals surface area contributed by atoms with Crippen LogP contribution in [0.25, 0.3) is 21.3 Å². The van der Waals surface area contributed by atoms with E-state index in [-0.39, 0.29) is 12.2 Å². The van der Waals surface area contributed by atoms with Crippen molar-refractivity contribution in [1.29, 1.82) is 0 Å². The molecular weight excluding hydrogens is 404 g/mol. The third-order valence-electron chi connectivity index (χ3n) is 4.94. The van der Waals surface area contributed by atoms with Gasteiger partial charge in [-0.3, -0.25) is 9.89 Å². The number of aromatic amines is 1. The average Bonchev–Trinajstić information content (AvgIpc) is 3.45. The zero-order valence-corrected chi connectivity index (χ0v) is 18.3. The third-order valence-corrected chi connectivity index (χ3v) is 8.18. The van der Waals surface area contributed by atoms with Crippen molar-refractivity contribution in [2.75, 3.05) is 7.05 Å². The van der Waals surface area contributed by atoms with Gasteiger partial charge in [0.05, 0.1) is 27.7 Å². The molecule has 0 saturated heterocycles. The molecule has 4 aromatic heterocycles. The fourth-order valence-electron chi connectivity index (χ4n) is 3.46. The Morgan fingerprint density at radius 3 is 2.39 bits per heavy atom. The highest BCUT2D eigenvalue weighted by Crippen LogP contribution is 2.40. The molecule has 4 nitrogen and oxygen atoms in total. The molecule has 1 aliphatic heterocycles. The summed E-state index contributed by atoms with van der Waals surface area (Å²) < 4.78 is 0. The number of H-pyrrole nitrogens is 1. The lowest BCUT2D eigenvalue weighted by atomic mass is 10.2. The summed E-state index contributed by atoms with van der Waals surface area (Å²) in [6.07, 6.45) is 4.08. The SMILES string of the molecule is Cc1ccc(-c2cnc(-c3ccc(C4N=CC(c5ccc(C)s5)N4C)s3)[nH]2)s1. The van der Waals surface area contributed by atoms with Crippen LogP contribution in [-0.4, -0.2) is 28.1 Å². The summed E-state index contributed by atoms with van der Waals surface area (Å²) in [5, 5.41) is 0. The first-order valence-corrected chi connectivity index (χ1v) is 11.6. The zero-order chi connectivity index (χ0) is 19.3. The quantitative estimate of drug-likeness (QED) is 0.418. The van der Waals surface area contributed by atoms with E-state index >= 15 is 0 Å². The summed E-state index contributed by atoms with van der Waals surface area (Å²) in [6, 6.07) is 13.3. The van der Waals surface area contributed by atoms with E-state index in [4.69, 9.17) is 4.99 Å². The van der Waals surface area contributed by atoms with Crippen molar-refractivity contribution in [3.8, 4) is 21.3 Å². The van der Waals surface area contributed by atoms with Gasteiger partial charge in [0.1, 0.15) is 12.0 Å². The molecule has 7 heteroatoms. The molecule has 5 rings (SSSR count). The van der Waals surface area contributed by atoms with Crippen molar-refractivity contribution in [2.24, 2.45) is 4.99 Å². The van der Waals surface area contributed by atoms with Crippen molar-refractivity contribution >= 4 is 40.2 Å². The van der Waals surface area contributed by atoms with Crippen molar-refractivity contribution < 1.29 is 0 Å². The van der Waals surface area contributed by atoms with Gasteiger partial charge in [-0.05, 0) is 57.3 Å². The number of aromatic nitrogens is 2. The van der Waals surface area contributed by atoms with Crippen molar-refractivity contribution in [1.82, 2.24) is 14.9 Å². The molecular formula is C21H20N4S3. The number of hydrogen-bond donors (Lipinski definition) is 1. The lowest BCUT2D eigenvalue weighted by Crippen LogP contribution is -2.22. The van der Waals surface area contributed by atoms with Gasteiger partial charge in [-0.25, -0.2) is 4.98 Å². The summed E-state index contributed by atoms with van der Waals surface area (Å²) >= 11 is 5.39. The molecule has 0 aromatic carbocycles. The maximum Gasteiger partial charge on any atom is 0.147 e. The first-order valence-electron chi connectivity index (χ1n) is 9.12. The largest absolute Gasteiger partial charge is 0.337 e. The highest BCUT2D eigenvalue weighted by Gasteiger charge is 2.31. The number of imidazole rings is 1. The van der Waals surface area contributed by atoms with Crippen LogP contribution in [0.3, 0.4) is 0 Å². The van der Waals surface area contributed by atoms with Crippen LogP contribution in [-0.2, 0) is 0 Å². The van der Waals surface area contributed by atoms with Gasteiger partial charge in [0, 0.05) is 25.7 Å². The maximum atomic E-state index is 4.81. The van der Waals surface area contributed by atoms with E-state index in [0.29, 0.717) is 0 Å². The molecule has 142 valence electrons. The van der Waals surface area contributed by atoms with Gasteiger partial charge in [-0.15, -0.1) is 34.0 Å². The standard InChI is InChI=1S/C21H20N4S3/c1-12-4-6-16(26-12)14-10-22-20(24-14)18-8-9-19(28-18)21-23-11-15(25(21)3)17-7-5-13(2)27-17/h4-11,15,21H,1-3H3,(H,22,24). The van der Waals surface area contributed by atoms with Crippen molar-refractivity contribution in [3.05, 3.63) is 62.1 Å². The van der Waals surface area contributed by atoms with Gasteiger partial charge in [-0.2, -0.15) is 0 Å². The average molecular weight is 425 g/mol. The van der Waals surface area contributed by atoms with Crippen LogP contribution in [0.2, 0.25) is 0 Å². The predicted octanol–water partition coefficient (Wildman–Crippen LogP) is 6.30. The minimum absolute atomic E-state index is 0.0699. The van der Waals surface area contributed by atoms with Crippen molar-refractivity contribution in [3.63, 3.8) is 0 Å². The van der Waals surface area contributed by atoms with Gasteiger partial charge in [0.25, 0.3) is 0 Å². The second-order valence-corrected chi connectivity index (χ2v) is 10.7. The minimum Gasteiger partial charge on any atom is -0.337 e. The highest BCUT2D eigenvalue weighted by atomic mass is 32.1. The molecule has 0 amide bonds. The molecule has 4 aromatic rings. The molecule has 1 N–H and O–H groups in total. The number of hydrogen-bond acceptors (Lipinski definition) is 6. The predicted molar refractivity (Wildman–Crippen MR) is 121 cm³/mol. The zero-order valence-electron chi connectivity index (χ0n) is 15.8.